The van der Waals surface area contributed by atoms with Crippen molar-refractivity contribution in [3.8, 4) is 27.9 Å². The molecule has 1 aliphatic carbocycles. The lowest BCUT2D eigenvalue weighted by Crippen LogP contribution is -2.28. The lowest BCUT2D eigenvalue weighted by molar-refractivity contribution is 0.768. The van der Waals surface area contributed by atoms with Crippen molar-refractivity contribution in [1.82, 2.24) is 4.57 Å². The molecule has 11 rings (SSSR count). The number of nitrogens with zero attached hydrogens (tertiary/aromatic N) is 2. The smallest absolute Gasteiger partial charge is 0.0714 e. The lowest BCUT2D eigenvalue weighted by atomic mass is 9.67. The summed E-state index contributed by atoms with van der Waals surface area (Å²) in [5.74, 6) is 0. The average Bonchev–Trinajstić information content (AvgIpc) is 3.78. The van der Waals surface area contributed by atoms with Gasteiger partial charge < -0.3 is 9.47 Å². The van der Waals surface area contributed by atoms with Crippen molar-refractivity contribution in [2.75, 3.05) is 4.90 Å². The number of rotatable bonds is 7. The molecule has 10 aromatic rings. The van der Waals surface area contributed by atoms with Crippen molar-refractivity contribution in [2.45, 2.75) is 5.41 Å². The van der Waals surface area contributed by atoms with Gasteiger partial charge in [-0.15, -0.1) is 0 Å². The zero-order valence-corrected chi connectivity index (χ0v) is 31.3. The Morgan fingerprint density at radius 1 is 0.351 bits per heavy atom. The molecule has 0 bridgehead atoms. The van der Waals surface area contributed by atoms with Gasteiger partial charge in [-0.3, -0.25) is 0 Å². The molecule has 0 radical (unpaired) electrons. The van der Waals surface area contributed by atoms with Crippen molar-refractivity contribution in [1.29, 1.82) is 0 Å². The molecule has 0 N–H and O–H groups in total. The van der Waals surface area contributed by atoms with E-state index < -0.39 is 5.41 Å². The van der Waals surface area contributed by atoms with Crippen LogP contribution in [0.4, 0.5) is 17.1 Å². The first-order valence-corrected chi connectivity index (χ1v) is 19.7. The monoisotopic (exact) mass is 726 g/mol. The molecular formula is C55H38N2. The zero-order chi connectivity index (χ0) is 37.8. The van der Waals surface area contributed by atoms with Crippen LogP contribution >= 0.6 is 0 Å². The molecule has 1 aliphatic rings. The van der Waals surface area contributed by atoms with E-state index in [0.717, 1.165) is 22.7 Å². The fourth-order valence-corrected chi connectivity index (χ4v) is 9.51. The van der Waals surface area contributed by atoms with Gasteiger partial charge in [0.05, 0.1) is 16.4 Å². The Kier molecular flexibility index (Phi) is 7.75. The number of aromatic nitrogens is 1. The van der Waals surface area contributed by atoms with Gasteiger partial charge >= 0.3 is 0 Å². The summed E-state index contributed by atoms with van der Waals surface area (Å²) >= 11 is 0. The van der Waals surface area contributed by atoms with Gasteiger partial charge in [-0.2, -0.15) is 0 Å². The Morgan fingerprint density at radius 2 is 0.895 bits per heavy atom. The van der Waals surface area contributed by atoms with Gasteiger partial charge in [-0.25, -0.2) is 0 Å². The molecule has 0 spiro atoms. The predicted molar refractivity (Wildman–Crippen MR) is 238 cm³/mol. The van der Waals surface area contributed by atoms with Crippen LogP contribution in [0.15, 0.2) is 231 Å². The maximum absolute atomic E-state index is 2.45. The molecule has 57 heavy (non-hydrogen) atoms. The van der Waals surface area contributed by atoms with Crippen LogP contribution in [0.25, 0.3) is 49.7 Å². The fourth-order valence-electron chi connectivity index (χ4n) is 9.51. The molecule has 2 heteroatoms. The number of para-hydroxylation sites is 2. The Hall–Kier alpha value is -7.42. The van der Waals surface area contributed by atoms with E-state index in [2.05, 4.69) is 240 Å². The van der Waals surface area contributed by atoms with Crippen LogP contribution in [-0.2, 0) is 5.41 Å². The van der Waals surface area contributed by atoms with Crippen LogP contribution < -0.4 is 4.90 Å². The first-order valence-electron chi connectivity index (χ1n) is 19.7. The predicted octanol–water partition coefficient (Wildman–Crippen LogP) is 14.3. The topological polar surface area (TPSA) is 8.17 Å². The lowest BCUT2D eigenvalue weighted by Gasteiger charge is -2.35. The van der Waals surface area contributed by atoms with Gasteiger partial charge in [0.15, 0.2) is 0 Å². The average molecular weight is 727 g/mol. The SMILES string of the molecule is c1ccc(-c2cccc3c2c2cc(N(c4ccccc4)c4ccc5c(c4)C(c4ccccc4)(c4ccccc4)c4ccccc4-5)ccc2n3-c2ccccc2)cc1. The second-order valence-electron chi connectivity index (χ2n) is 14.9. The van der Waals surface area contributed by atoms with Crippen molar-refractivity contribution < 1.29 is 0 Å². The van der Waals surface area contributed by atoms with Crippen LogP contribution in [-0.4, -0.2) is 4.57 Å². The number of fused-ring (bicyclic) bond motifs is 6. The third-order valence-electron chi connectivity index (χ3n) is 11.8. The van der Waals surface area contributed by atoms with Crippen molar-refractivity contribution in [2.24, 2.45) is 0 Å². The number of hydrogen-bond acceptors (Lipinski definition) is 1. The Balaban J connectivity index is 1.19. The highest BCUT2D eigenvalue weighted by atomic mass is 15.1. The van der Waals surface area contributed by atoms with Crippen LogP contribution in [0.3, 0.4) is 0 Å². The maximum atomic E-state index is 2.45. The van der Waals surface area contributed by atoms with Crippen molar-refractivity contribution in [3.63, 3.8) is 0 Å². The molecule has 268 valence electrons. The first kappa shape index (κ1) is 33.0. The minimum absolute atomic E-state index is 0.496. The molecule has 1 heterocycles. The van der Waals surface area contributed by atoms with Crippen molar-refractivity contribution in [3.05, 3.63) is 253 Å². The van der Waals surface area contributed by atoms with Crippen molar-refractivity contribution >= 4 is 38.9 Å². The first-order chi connectivity index (χ1) is 28.3. The molecular weight excluding hydrogens is 689 g/mol. The van der Waals surface area contributed by atoms with Crippen LogP contribution in [0.2, 0.25) is 0 Å². The molecule has 0 unspecified atom stereocenters. The van der Waals surface area contributed by atoms with E-state index in [1.807, 2.05) is 0 Å². The van der Waals surface area contributed by atoms with E-state index in [1.54, 1.807) is 0 Å². The fraction of sp³-hybridized carbons (Fsp3) is 0.0182. The van der Waals surface area contributed by atoms with Crippen LogP contribution in [0.5, 0.6) is 0 Å². The quantitative estimate of drug-likeness (QED) is 0.159. The van der Waals surface area contributed by atoms with Gasteiger partial charge in [-0.1, -0.05) is 170 Å². The van der Waals surface area contributed by atoms with E-state index in [9.17, 15) is 0 Å². The molecule has 0 aliphatic heterocycles. The molecule has 0 amide bonds. The van der Waals surface area contributed by atoms with Crippen LogP contribution in [0, 0.1) is 0 Å². The van der Waals surface area contributed by atoms with E-state index in [4.69, 9.17) is 0 Å². The summed E-state index contributed by atoms with van der Waals surface area (Å²) in [5.41, 5.74) is 16.4. The van der Waals surface area contributed by atoms with Crippen LogP contribution in [0.1, 0.15) is 22.3 Å². The summed E-state index contributed by atoms with van der Waals surface area (Å²) in [6.07, 6.45) is 0. The van der Waals surface area contributed by atoms with E-state index >= 15 is 0 Å². The standard InChI is InChI=1S/C55H38N2/c1-6-19-39(20-7-1)46-30-18-32-53-54(46)49-37-44(34-36-52(49)57(53)43-27-14-5-15-28-43)56(42-25-12-4-13-26-42)45-33-35-48-47-29-16-17-31-50(47)55(51(48)38-45,40-21-8-2-9-22-40)41-23-10-3-11-24-41/h1-38H. The molecule has 1 aromatic heterocycles. The minimum atomic E-state index is -0.496. The highest BCUT2D eigenvalue weighted by Gasteiger charge is 2.46. The Labute approximate surface area is 333 Å². The second-order valence-corrected chi connectivity index (χ2v) is 14.9. The van der Waals surface area contributed by atoms with Gasteiger partial charge in [0, 0.05) is 33.5 Å². The number of anilines is 3. The number of benzene rings is 9. The molecule has 2 nitrogen and oxygen atoms in total. The Morgan fingerprint density at radius 3 is 1.60 bits per heavy atom. The summed E-state index contributed by atoms with van der Waals surface area (Å²) in [7, 11) is 0. The third-order valence-corrected chi connectivity index (χ3v) is 11.8. The molecule has 9 aromatic carbocycles. The third kappa shape index (κ3) is 5.11. The highest BCUT2D eigenvalue weighted by molar-refractivity contribution is 6.16. The molecule has 0 saturated carbocycles. The largest absolute Gasteiger partial charge is 0.310 e. The summed E-state index contributed by atoms with van der Waals surface area (Å²) in [6.45, 7) is 0. The molecule has 0 fully saturated rings. The highest BCUT2D eigenvalue weighted by Crippen LogP contribution is 2.57. The van der Waals surface area contributed by atoms with Gasteiger partial charge in [-0.05, 0) is 105 Å². The van der Waals surface area contributed by atoms with E-state index in [0.29, 0.717) is 0 Å². The summed E-state index contributed by atoms with van der Waals surface area (Å²) in [6, 6.07) is 84.2. The minimum Gasteiger partial charge on any atom is -0.310 e. The van der Waals surface area contributed by atoms with E-state index in [1.165, 1.54) is 66.3 Å². The maximum Gasteiger partial charge on any atom is 0.0714 e. The van der Waals surface area contributed by atoms with Gasteiger partial charge in [0.1, 0.15) is 0 Å². The summed E-state index contributed by atoms with van der Waals surface area (Å²) in [4.78, 5) is 2.43. The molecule has 0 atom stereocenters. The number of hydrogen-bond donors (Lipinski definition) is 0. The summed E-state index contributed by atoms with van der Waals surface area (Å²) < 4.78 is 2.41. The Bertz CT molecular complexity index is 3000. The summed E-state index contributed by atoms with van der Waals surface area (Å²) in [5, 5.41) is 2.46. The van der Waals surface area contributed by atoms with Gasteiger partial charge in [0.2, 0.25) is 0 Å². The normalized spacial score (nSPS) is 12.7. The zero-order valence-electron chi connectivity index (χ0n) is 31.3. The van der Waals surface area contributed by atoms with Gasteiger partial charge in [0.25, 0.3) is 0 Å². The second kappa shape index (κ2) is 13.4. The van der Waals surface area contributed by atoms with E-state index in [-0.39, 0.29) is 0 Å². The molecule has 0 saturated heterocycles.